The minimum Gasteiger partial charge on any atom is -0.384 e. The number of aliphatic hydroxyl groups excluding tert-OH is 1. The minimum absolute atomic E-state index is 0.127. The molecule has 1 aromatic rings. The second-order valence-corrected chi connectivity index (χ2v) is 5.23. The number of nitrogens with zero attached hydrogens (tertiary/aromatic N) is 1. The van der Waals surface area contributed by atoms with Gasteiger partial charge in [-0.2, -0.15) is 0 Å². The number of aromatic nitrogens is 1. The van der Waals surface area contributed by atoms with Crippen LogP contribution in [0.25, 0.3) is 0 Å². The highest BCUT2D eigenvalue weighted by Crippen LogP contribution is 2.39. The van der Waals surface area contributed by atoms with Crippen LogP contribution in [0.3, 0.4) is 0 Å². The van der Waals surface area contributed by atoms with Crippen LogP contribution in [0.1, 0.15) is 42.1 Å². The summed E-state index contributed by atoms with van der Waals surface area (Å²) in [4.78, 5) is 16.1. The number of carbonyl (C=O) groups excluding carboxylic acids is 1. The van der Waals surface area contributed by atoms with E-state index in [1.54, 1.807) is 18.5 Å². The molecule has 19 heavy (non-hydrogen) atoms. The fraction of sp³-hybridized carbons (Fsp3) is 0.467. The van der Waals surface area contributed by atoms with Crippen molar-refractivity contribution in [2.45, 2.75) is 26.2 Å². The Morgan fingerprint density at radius 1 is 1.58 bits per heavy atom. The van der Waals surface area contributed by atoms with Crippen LogP contribution in [-0.2, 0) is 0 Å². The quantitative estimate of drug-likeness (QED) is 0.804. The number of amides is 1. The van der Waals surface area contributed by atoms with Crippen molar-refractivity contribution in [3.8, 4) is 11.8 Å². The minimum atomic E-state index is -0.228. The second kappa shape index (κ2) is 5.85. The van der Waals surface area contributed by atoms with E-state index < -0.39 is 0 Å². The zero-order chi connectivity index (χ0) is 13.7. The summed E-state index contributed by atoms with van der Waals surface area (Å²) in [5.74, 6) is 5.16. The Kier molecular flexibility index (Phi) is 4.18. The first-order valence-corrected chi connectivity index (χ1v) is 6.47. The summed E-state index contributed by atoms with van der Waals surface area (Å²) in [5, 5.41) is 11.7. The molecule has 1 fully saturated rings. The molecule has 0 aromatic carbocycles. The van der Waals surface area contributed by atoms with Crippen molar-refractivity contribution in [2.24, 2.45) is 5.41 Å². The van der Waals surface area contributed by atoms with Crippen molar-refractivity contribution in [3.63, 3.8) is 0 Å². The average Bonchev–Trinajstić information content (AvgIpc) is 2.40. The fourth-order valence-corrected chi connectivity index (χ4v) is 2.17. The first-order valence-electron chi connectivity index (χ1n) is 6.47. The molecular formula is C15H18N2O2. The molecule has 1 aliphatic rings. The zero-order valence-corrected chi connectivity index (χ0v) is 11.1. The molecule has 1 aromatic heterocycles. The largest absolute Gasteiger partial charge is 0.384 e. The molecule has 2 rings (SSSR count). The maximum absolute atomic E-state index is 12.1. The van der Waals surface area contributed by atoms with Gasteiger partial charge in [-0.05, 0) is 24.3 Å². The summed E-state index contributed by atoms with van der Waals surface area (Å²) in [5.41, 5.74) is 1.31. The van der Waals surface area contributed by atoms with Gasteiger partial charge in [0.1, 0.15) is 6.61 Å². The molecule has 100 valence electrons. The van der Waals surface area contributed by atoms with E-state index in [2.05, 4.69) is 29.1 Å². The lowest BCUT2D eigenvalue weighted by atomic mass is 9.70. The average molecular weight is 258 g/mol. The van der Waals surface area contributed by atoms with Crippen LogP contribution in [0.4, 0.5) is 0 Å². The zero-order valence-electron chi connectivity index (χ0n) is 11.1. The van der Waals surface area contributed by atoms with Crippen LogP contribution in [-0.4, -0.2) is 29.1 Å². The number of hydrogen-bond acceptors (Lipinski definition) is 3. The van der Waals surface area contributed by atoms with Crippen LogP contribution in [0.5, 0.6) is 0 Å². The van der Waals surface area contributed by atoms with E-state index in [4.69, 9.17) is 5.11 Å². The second-order valence-electron chi connectivity index (χ2n) is 5.23. The van der Waals surface area contributed by atoms with Gasteiger partial charge in [-0.3, -0.25) is 9.78 Å². The number of rotatable bonds is 3. The Labute approximate surface area is 113 Å². The van der Waals surface area contributed by atoms with Crippen molar-refractivity contribution in [3.05, 3.63) is 29.6 Å². The van der Waals surface area contributed by atoms with Gasteiger partial charge in [0, 0.05) is 18.9 Å². The first-order chi connectivity index (χ1) is 9.14. The Morgan fingerprint density at radius 2 is 2.37 bits per heavy atom. The number of nitrogens with one attached hydrogen (secondary N) is 1. The summed E-state index contributed by atoms with van der Waals surface area (Å²) in [6.45, 7) is 2.66. The smallest absolute Gasteiger partial charge is 0.252 e. The van der Waals surface area contributed by atoms with Crippen LogP contribution in [0.15, 0.2) is 18.5 Å². The van der Waals surface area contributed by atoms with Crippen molar-refractivity contribution < 1.29 is 9.90 Å². The highest BCUT2D eigenvalue weighted by molar-refractivity contribution is 5.96. The SMILES string of the molecule is CC1(CNC(=O)c2ccncc2C#CCO)CCC1. The lowest BCUT2D eigenvalue weighted by Crippen LogP contribution is -2.40. The fourth-order valence-electron chi connectivity index (χ4n) is 2.17. The van der Waals surface area contributed by atoms with Crippen LogP contribution < -0.4 is 5.32 Å². The normalized spacial score (nSPS) is 15.9. The molecule has 2 N–H and O–H groups in total. The topological polar surface area (TPSA) is 62.2 Å². The van der Waals surface area contributed by atoms with Crippen molar-refractivity contribution in [2.75, 3.05) is 13.2 Å². The lowest BCUT2D eigenvalue weighted by Gasteiger charge is -2.38. The standard InChI is InChI=1S/C15H18N2O2/c1-15(6-3-7-15)11-17-14(19)13-5-8-16-10-12(13)4-2-9-18/h5,8,10,18H,3,6-7,9,11H2,1H3,(H,17,19). The van der Waals surface area contributed by atoms with E-state index in [-0.39, 0.29) is 17.9 Å². The molecular weight excluding hydrogens is 240 g/mol. The van der Waals surface area contributed by atoms with Gasteiger partial charge < -0.3 is 10.4 Å². The number of aliphatic hydroxyl groups is 1. The molecule has 4 heteroatoms. The third-order valence-electron chi connectivity index (χ3n) is 3.60. The molecule has 0 aliphatic heterocycles. The van der Waals surface area contributed by atoms with Crippen LogP contribution in [0, 0.1) is 17.3 Å². The summed E-state index contributed by atoms with van der Waals surface area (Å²) in [6, 6.07) is 1.65. The Balaban J connectivity index is 2.06. The molecule has 0 atom stereocenters. The van der Waals surface area contributed by atoms with E-state index in [1.165, 1.54) is 19.3 Å². The lowest BCUT2D eigenvalue weighted by molar-refractivity contribution is 0.0890. The molecule has 1 amide bonds. The summed E-state index contributed by atoms with van der Waals surface area (Å²) >= 11 is 0. The van der Waals surface area contributed by atoms with E-state index in [1.807, 2.05) is 0 Å². The van der Waals surface area contributed by atoms with Crippen molar-refractivity contribution in [1.82, 2.24) is 10.3 Å². The first kappa shape index (κ1) is 13.6. The monoisotopic (exact) mass is 258 g/mol. The molecule has 0 spiro atoms. The summed E-state index contributed by atoms with van der Waals surface area (Å²) in [7, 11) is 0. The van der Waals surface area contributed by atoms with Gasteiger partial charge in [0.2, 0.25) is 0 Å². The predicted molar refractivity (Wildman–Crippen MR) is 72.5 cm³/mol. The predicted octanol–water partition coefficient (Wildman–Crippen LogP) is 1.35. The Morgan fingerprint density at radius 3 is 3.00 bits per heavy atom. The molecule has 1 saturated carbocycles. The van der Waals surface area contributed by atoms with E-state index in [9.17, 15) is 4.79 Å². The van der Waals surface area contributed by atoms with Crippen LogP contribution >= 0.6 is 0 Å². The Hall–Kier alpha value is -1.86. The highest BCUT2D eigenvalue weighted by atomic mass is 16.2. The van der Waals surface area contributed by atoms with E-state index in [0.717, 1.165) is 0 Å². The van der Waals surface area contributed by atoms with Gasteiger partial charge in [0.05, 0.1) is 11.1 Å². The van der Waals surface area contributed by atoms with Gasteiger partial charge in [0.25, 0.3) is 5.91 Å². The van der Waals surface area contributed by atoms with Crippen molar-refractivity contribution >= 4 is 5.91 Å². The third kappa shape index (κ3) is 3.33. The molecule has 0 saturated heterocycles. The summed E-state index contributed by atoms with van der Waals surface area (Å²) < 4.78 is 0. The van der Waals surface area contributed by atoms with Gasteiger partial charge in [-0.25, -0.2) is 0 Å². The molecule has 1 heterocycles. The molecule has 1 aliphatic carbocycles. The van der Waals surface area contributed by atoms with Crippen LogP contribution in [0.2, 0.25) is 0 Å². The Bertz CT molecular complexity index is 524. The molecule has 0 bridgehead atoms. The van der Waals surface area contributed by atoms with Gasteiger partial charge >= 0.3 is 0 Å². The molecule has 0 unspecified atom stereocenters. The third-order valence-corrected chi connectivity index (χ3v) is 3.60. The number of carbonyl (C=O) groups is 1. The highest BCUT2D eigenvalue weighted by Gasteiger charge is 2.32. The van der Waals surface area contributed by atoms with Gasteiger partial charge in [-0.15, -0.1) is 0 Å². The number of hydrogen-bond donors (Lipinski definition) is 2. The van der Waals surface area contributed by atoms with Gasteiger partial charge in [0.15, 0.2) is 0 Å². The molecule has 0 radical (unpaired) electrons. The van der Waals surface area contributed by atoms with Crippen molar-refractivity contribution in [1.29, 1.82) is 0 Å². The number of pyridine rings is 1. The van der Waals surface area contributed by atoms with E-state index in [0.29, 0.717) is 17.7 Å². The summed E-state index contributed by atoms with van der Waals surface area (Å²) in [6.07, 6.45) is 6.70. The molecule has 4 nitrogen and oxygen atoms in total. The van der Waals surface area contributed by atoms with Gasteiger partial charge in [-0.1, -0.05) is 25.2 Å². The maximum Gasteiger partial charge on any atom is 0.252 e. The maximum atomic E-state index is 12.1. The van der Waals surface area contributed by atoms with E-state index >= 15 is 0 Å².